The van der Waals surface area contributed by atoms with Crippen molar-refractivity contribution in [3.8, 4) is 5.75 Å². The first-order chi connectivity index (χ1) is 15.0. The summed E-state index contributed by atoms with van der Waals surface area (Å²) >= 11 is 0. The van der Waals surface area contributed by atoms with E-state index in [1.807, 2.05) is 22.8 Å². The van der Waals surface area contributed by atoms with Crippen LogP contribution in [0.3, 0.4) is 0 Å². The molecule has 0 aliphatic carbocycles. The van der Waals surface area contributed by atoms with Crippen molar-refractivity contribution in [3.05, 3.63) is 46.1 Å². The first-order valence-corrected chi connectivity index (χ1v) is 11.5. The van der Waals surface area contributed by atoms with Crippen LogP contribution in [-0.4, -0.2) is 39.0 Å². The minimum absolute atomic E-state index is 0.0183. The molecule has 2 aromatic rings. The van der Waals surface area contributed by atoms with Crippen LogP contribution in [0, 0.1) is 0 Å². The van der Waals surface area contributed by atoms with E-state index < -0.39 is 0 Å². The summed E-state index contributed by atoms with van der Waals surface area (Å²) in [6.45, 7) is 9.09. The highest BCUT2D eigenvalue weighted by molar-refractivity contribution is 5.80. The molecule has 2 aliphatic rings. The number of fused-ring (bicyclic) bond motifs is 2. The Bertz CT molecular complexity index is 990. The van der Waals surface area contributed by atoms with Crippen molar-refractivity contribution in [2.75, 3.05) is 13.1 Å². The maximum atomic E-state index is 12.5. The zero-order valence-corrected chi connectivity index (χ0v) is 18.9. The largest absolute Gasteiger partial charge is 0.487 e. The normalized spacial score (nSPS) is 19.8. The molecule has 1 atom stereocenters. The predicted octanol–water partition coefficient (Wildman–Crippen LogP) is 2.63. The van der Waals surface area contributed by atoms with E-state index in [0.29, 0.717) is 13.1 Å². The van der Waals surface area contributed by atoms with Crippen LogP contribution in [0.2, 0.25) is 0 Å². The molecular weight excluding hydrogens is 392 g/mol. The molecule has 0 radical (unpaired) electrons. The van der Waals surface area contributed by atoms with E-state index in [-0.39, 0.29) is 17.3 Å². The molecule has 4 rings (SSSR count). The third-order valence-corrected chi connectivity index (χ3v) is 5.86. The number of aliphatic imine (C=N–C) groups is 1. The Kier molecular flexibility index (Phi) is 6.34. The Balaban J connectivity index is 1.40. The Morgan fingerprint density at radius 2 is 2.16 bits per heavy atom. The van der Waals surface area contributed by atoms with Crippen LogP contribution in [0.5, 0.6) is 5.75 Å². The number of benzene rings is 1. The summed E-state index contributed by atoms with van der Waals surface area (Å²) in [6, 6.07) is 8.31. The number of hydrogen-bond acceptors (Lipinski definition) is 4. The molecule has 2 N–H and O–H groups in total. The van der Waals surface area contributed by atoms with Gasteiger partial charge >= 0.3 is 5.69 Å². The number of nitrogens with one attached hydrogen (secondary N) is 2. The quantitative estimate of drug-likeness (QED) is 0.421. The van der Waals surface area contributed by atoms with Crippen LogP contribution >= 0.6 is 0 Å². The predicted molar refractivity (Wildman–Crippen MR) is 122 cm³/mol. The van der Waals surface area contributed by atoms with Gasteiger partial charge in [-0.3, -0.25) is 9.56 Å². The molecule has 31 heavy (non-hydrogen) atoms. The maximum Gasteiger partial charge on any atom is 0.345 e. The van der Waals surface area contributed by atoms with E-state index in [0.717, 1.165) is 68.3 Å². The molecule has 0 saturated carbocycles. The van der Waals surface area contributed by atoms with Gasteiger partial charge in [-0.15, -0.1) is 0 Å². The SMILES string of the molecule is CCNC(=NCCCn1nc2n(c1=O)CCCC2)NC1CC(C)(C)Oc2ccccc21. The number of para-hydroxylation sites is 1. The molecule has 8 nitrogen and oxygen atoms in total. The summed E-state index contributed by atoms with van der Waals surface area (Å²) in [7, 11) is 0. The number of aromatic nitrogens is 3. The van der Waals surface area contributed by atoms with Gasteiger partial charge < -0.3 is 15.4 Å². The zero-order chi connectivity index (χ0) is 21.8. The number of ether oxygens (including phenoxy) is 1. The zero-order valence-electron chi connectivity index (χ0n) is 18.9. The first kappa shape index (κ1) is 21.5. The summed E-state index contributed by atoms with van der Waals surface area (Å²) in [5, 5.41) is 11.4. The highest BCUT2D eigenvalue weighted by Gasteiger charge is 2.33. The molecule has 8 heteroatoms. The fourth-order valence-electron chi connectivity index (χ4n) is 4.42. The number of aryl methyl sites for hydroxylation is 2. The van der Waals surface area contributed by atoms with Gasteiger partial charge in [0.25, 0.3) is 0 Å². The van der Waals surface area contributed by atoms with Gasteiger partial charge in [-0.1, -0.05) is 18.2 Å². The van der Waals surface area contributed by atoms with Crippen molar-refractivity contribution < 1.29 is 4.74 Å². The standard InChI is InChI=1S/C23H34N6O2/c1-4-24-21(26-18-16-23(2,3)31-19-11-6-5-10-17(18)19)25-13-9-15-29-22(30)28-14-8-7-12-20(28)27-29/h5-6,10-11,18H,4,7-9,12-16H2,1-3H3,(H2,24,25,26). The summed E-state index contributed by atoms with van der Waals surface area (Å²) in [5.41, 5.74) is 0.928. The van der Waals surface area contributed by atoms with Crippen molar-refractivity contribution in [1.82, 2.24) is 25.0 Å². The lowest BCUT2D eigenvalue weighted by Gasteiger charge is -2.38. The third-order valence-electron chi connectivity index (χ3n) is 5.86. The lowest BCUT2D eigenvalue weighted by atomic mass is 9.90. The van der Waals surface area contributed by atoms with Gasteiger partial charge in [0.2, 0.25) is 0 Å². The van der Waals surface area contributed by atoms with E-state index in [4.69, 9.17) is 9.73 Å². The second-order valence-corrected chi connectivity index (χ2v) is 8.95. The summed E-state index contributed by atoms with van der Waals surface area (Å²) in [6.07, 6.45) is 4.70. The first-order valence-electron chi connectivity index (χ1n) is 11.5. The summed E-state index contributed by atoms with van der Waals surface area (Å²) in [4.78, 5) is 17.2. The maximum absolute atomic E-state index is 12.5. The summed E-state index contributed by atoms with van der Waals surface area (Å²) in [5.74, 6) is 2.64. The second kappa shape index (κ2) is 9.16. The number of hydrogen-bond donors (Lipinski definition) is 2. The monoisotopic (exact) mass is 426 g/mol. The van der Waals surface area contributed by atoms with E-state index in [1.165, 1.54) is 0 Å². The van der Waals surface area contributed by atoms with Gasteiger partial charge in [-0.25, -0.2) is 9.48 Å². The Morgan fingerprint density at radius 1 is 1.32 bits per heavy atom. The van der Waals surface area contributed by atoms with Crippen LogP contribution < -0.4 is 21.1 Å². The molecule has 0 amide bonds. The number of rotatable bonds is 6. The van der Waals surface area contributed by atoms with Crippen LogP contribution in [0.25, 0.3) is 0 Å². The smallest absolute Gasteiger partial charge is 0.345 e. The van der Waals surface area contributed by atoms with E-state index in [2.05, 4.69) is 42.6 Å². The average Bonchev–Trinajstić information content (AvgIpc) is 3.06. The van der Waals surface area contributed by atoms with Gasteiger partial charge in [-0.2, -0.15) is 5.10 Å². The Labute approximate surface area is 183 Å². The van der Waals surface area contributed by atoms with E-state index >= 15 is 0 Å². The van der Waals surface area contributed by atoms with Gasteiger partial charge in [-0.05, 0) is 46.1 Å². The van der Waals surface area contributed by atoms with E-state index in [1.54, 1.807) is 4.68 Å². The van der Waals surface area contributed by atoms with Crippen molar-refractivity contribution in [1.29, 1.82) is 0 Å². The molecule has 0 fully saturated rings. The molecule has 2 aliphatic heterocycles. The molecule has 0 bridgehead atoms. The minimum atomic E-state index is -0.245. The van der Waals surface area contributed by atoms with Gasteiger partial charge in [0.05, 0.1) is 6.04 Å². The molecule has 3 heterocycles. The molecule has 0 spiro atoms. The van der Waals surface area contributed by atoms with Crippen LogP contribution in [0.4, 0.5) is 0 Å². The highest BCUT2D eigenvalue weighted by Crippen LogP contribution is 2.39. The lowest BCUT2D eigenvalue weighted by molar-refractivity contribution is 0.0694. The second-order valence-electron chi connectivity index (χ2n) is 8.95. The number of nitrogens with zero attached hydrogens (tertiary/aromatic N) is 4. The summed E-state index contributed by atoms with van der Waals surface area (Å²) < 4.78 is 9.57. The minimum Gasteiger partial charge on any atom is -0.487 e. The average molecular weight is 427 g/mol. The topological polar surface area (TPSA) is 85.5 Å². The third kappa shape index (κ3) is 4.94. The van der Waals surface area contributed by atoms with E-state index in [9.17, 15) is 4.79 Å². The van der Waals surface area contributed by atoms with Gasteiger partial charge in [0, 0.05) is 44.6 Å². The highest BCUT2D eigenvalue weighted by atomic mass is 16.5. The Hall–Kier alpha value is -2.77. The van der Waals surface area contributed by atoms with Crippen molar-refractivity contribution in [3.63, 3.8) is 0 Å². The van der Waals surface area contributed by atoms with Crippen LogP contribution in [0.1, 0.15) is 63.9 Å². The molecule has 0 saturated heterocycles. The van der Waals surface area contributed by atoms with Crippen molar-refractivity contribution >= 4 is 5.96 Å². The Morgan fingerprint density at radius 3 is 2.97 bits per heavy atom. The van der Waals surface area contributed by atoms with Gasteiger partial charge in [0.15, 0.2) is 5.96 Å². The van der Waals surface area contributed by atoms with Crippen LogP contribution in [0.15, 0.2) is 34.1 Å². The molecule has 1 aromatic heterocycles. The van der Waals surface area contributed by atoms with Gasteiger partial charge in [0.1, 0.15) is 17.2 Å². The van der Waals surface area contributed by atoms with Crippen LogP contribution in [-0.2, 0) is 19.5 Å². The molecule has 168 valence electrons. The lowest BCUT2D eigenvalue weighted by Crippen LogP contribution is -2.45. The number of guanidine groups is 1. The fraction of sp³-hybridized carbons (Fsp3) is 0.609. The fourth-order valence-corrected chi connectivity index (χ4v) is 4.42. The van der Waals surface area contributed by atoms with Crippen molar-refractivity contribution in [2.24, 2.45) is 4.99 Å². The molecule has 1 aromatic carbocycles. The molecule has 1 unspecified atom stereocenters. The molecular formula is C23H34N6O2. The van der Waals surface area contributed by atoms with Crippen molar-refractivity contribution in [2.45, 2.75) is 77.6 Å².